The van der Waals surface area contributed by atoms with E-state index in [1.165, 1.54) is 18.2 Å². The minimum atomic E-state index is -0.464. The van der Waals surface area contributed by atoms with Crippen LogP contribution in [0.4, 0.5) is 4.39 Å². The highest BCUT2D eigenvalue weighted by Crippen LogP contribution is 2.41. The number of benzene rings is 1. The van der Waals surface area contributed by atoms with Crippen LogP contribution in [0.3, 0.4) is 0 Å². The summed E-state index contributed by atoms with van der Waals surface area (Å²) in [7, 11) is 0. The lowest BCUT2D eigenvalue weighted by atomic mass is 9.96. The predicted molar refractivity (Wildman–Crippen MR) is 127 cm³/mol. The second kappa shape index (κ2) is 9.52. The minimum absolute atomic E-state index is 0.0623. The monoisotopic (exact) mass is 465 g/mol. The van der Waals surface area contributed by atoms with Gasteiger partial charge in [0.15, 0.2) is 0 Å². The van der Waals surface area contributed by atoms with Gasteiger partial charge in [-0.05, 0) is 49.1 Å². The molecule has 1 aliphatic heterocycles. The fourth-order valence-electron chi connectivity index (χ4n) is 4.50. The summed E-state index contributed by atoms with van der Waals surface area (Å²) >= 11 is 0. The van der Waals surface area contributed by atoms with Gasteiger partial charge < -0.3 is 25.0 Å². The molecular formula is C25H28FN5O3. The molecule has 8 nitrogen and oxygen atoms in total. The molecule has 5 rings (SSSR count). The van der Waals surface area contributed by atoms with Gasteiger partial charge in [-0.1, -0.05) is 19.1 Å². The van der Waals surface area contributed by atoms with E-state index in [0.29, 0.717) is 30.4 Å². The van der Waals surface area contributed by atoms with E-state index in [0.717, 1.165) is 37.3 Å². The summed E-state index contributed by atoms with van der Waals surface area (Å²) in [6.45, 7) is 4.28. The van der Waals surface area contributed by atoms with E-state index in [1.54, 1.807) is 18.2 Å². The number of nitrogens with zero attached hydrogens (tertiary/aromatic N) is 1. The van der Waals surface area contributed by atoms with Crippen LogP contribution in [0.2, 0.25) is 0 Å². The van der Waals surface area contributed by atoms with E-state index in [1.807, 2.05) is 0 Å². The lowest BCUT2D eigenvalue weighted by molar-refractivity contribution is 0.0664. The summed E-state index contributed by atoms with van der Waals surface area (Å²) in [6, 6.07) is 5.98. The van der Waals surface area contributed by atoms with E-state index in [9.17, 15) is 14.0 Å². The van der Waals surface area contributed by atoms with E-state index in [4.69, 9.17) is 9.72 Å². The summed E-state index contributed by atoms with van der Waals surface area (Å²) in [4.78, 5) is 39.1. The van der Waals surface area contributed by atoms with Crippen molar-refractivity contribution in [1.29, 1.82) is 0 Å². The van der Waals surface area contributed by atoms with E-state index < -0.39 is 16.9 Å². The number of aromatic nitrogens is 4. The van der Waals surface area contributed by atoms with Crippen molar-refractivity contribution >= 4 is 12.2 Å². The zero-order valence-corrected chi connectivity index (χ0v) is 19.0. The third kappa shape index (κ3) is 4.80. The fourth-order valence-corrected chi connectivity index (χ4v) is 4.50. The molecule has 2 unspecified atom stereocenters. The first-order chi connectivity index (χ1) is 16.5. The summed E-state index contributed by atoms with van der Waals surface area (Å²) in [5, 5.41) is 3.71. The standard InChI is InChI=1S/C25H28FN5O3/c1-2-17(21-13-34-9-8-27-21)23-28-18(22(31-23)15-6-7-15)12-20-25(33)29-19(24(32)30-20)11-14-4-3-5-16(26)10-14/h3-5,10-12,15,17,21,27H,2,6-9,13H2,1H3,(H,28,31)(H,29,33)(H,30,32)/b19-11-,20-12-. The van der Waals surface area contributed by atoms with Gasteiger partial charge >= 0.3 is 0 Å². The highest BCUT2D eigenvalue weighted by molar-refractivity contribution is 5.50. The number of ether oxygens (including phenoxy) is 1. The third-order valence-electron chi connectivity index (χ3n) is 6.42. The second-order valence-electron chi connectivity index (χ2n) is 8.92. The van der Waals surface area contributed by atoms with Gasteiger partial charge in [0.25, 0.3) is 11.1 Å². The molecule has 178 valence electrons. The van der Waals surface area contributed by atoms with Crippen molar-refractivity contribution in [3.05, 3.63) is 84.3 Å². The predicted octanol–water partition coefficient (Wildman–Crippen LogP) is 0.942. The van der Waals surface area contributed by atoms with Gasteiger partial charge in [0.05, 0.1) is 18.9 Å². The normalized spacial score (nSPS) is 20.6. The summed E-state index contributed by atoms with van der Waals surface area (Å²) < 4.78 is 19.1. The number of imidazole rings is 1. The van der Waals surface area contributed by atoms with Crippen LogP contribution in [0.5, 0.6) is 0 Å². The van der Waals surface area contributed by atoms with Gasteiger partial charge in [0.1, 0.15) is 22.3 Å². The van der Waals surface area contributed by atoms with Gasteiger partial charge in [-0.25, -0.2) is 9.37 Å². The van der Waals surface area contributed by atoms with Crippen LogP contribution < -0.4 is 27.1 Å². The zero-order valence-electron chi connectivity index (χ0n) is 19.0. The molecule has 0 amide bonds. The molecule has 3 heterocycles. The van der Waals surface area contributed by atoms with Crippen molar-refractivity contribution < 1.29 is 9.13 Å². The Morgan fingerprint density at radius 2 is 1.91 bits per heavy atom. The average molecular weight is 466 g/mol. The molecule has 34 heavy (non-hydrogen) atoms. The van der Waals surface area contributed by atoms with Crippen molar-refractivity contribution in [3.63, 3.8) is 0 Å². The maximum absolute atomic E-state index is 13.5. The summed E-state index contributed by atoms with van der Waals surface area (Å²) in [6.07, 6.45) is 6.11. The smallest absolute Gasteiger partial charge is 0.272 e. The van der Waals surface area contributed by atoms with Crippen molar-refractivity contribution in [1.82, 2.24) is 25.3 Å². The van der Waals surface area contributed by atoms with Crippen LogP contribution in [0.25, 0.3) is 12.2 Å². The van der Waals surface area contributed by atoms with E-state index in [-0.39, 0.29) is 22.7 Å². The molecule has 0 bridgehead atoms. The molecule has 1 aromatic carbocycles. The number of aromatic amines is 3. The largest absolute Gasteiger partial charge is 0.378 e. The fraction of sp³-hybridized carbons (Fsp3) is 0.400. The molecular weight excluding hydrogens is 437 g/mol. The molecule has 2 atom stereocenters. The van der Waals surface area contributed by atoms with Crippen LogP contribution in [0.1, 0.15) is 60.8 Å². The highest BCUT2D eigenvalue weighted by atomic mass is 19.1. The molecule has 0 radical (unpaired) electrons. The Morgan fingerprint density at radius 3 is 2.56 bits per heavy atom. The topological polar surface area (TPSA) is 116 Å². The van der Waals surface area contributed by atoms with Gasteiger partial charge in [-0.2, -0.15) is 0 Å². The number of halogens is 1. The number of rotatable bonds is 6. The molecule has 3 aromatic rings. The quantitative estimate of drug-likeness (QED) is 0.433. The Bertz CT molecular complexity index is 1410. The van der Waals surface area contributed by atoms with E-state index >= 15 is 0 Å². The van der Waals surface area contributed by atoms with E-state index in [2.05, 4.69) is 27.2 Å². The first-order valence-electron chi connectivity index (χ1n) is 11.7. The average Bonchev–Trinajstić information content (AvgIpc) is 3.59. The van der Waals surface area contributed by atoms with Gasteiger partial charge in [-0.15, -0.1) is 0 Å². The molecule has 2 fully saturated rings. The zero-order chi connectivity index (χ0) is 23.7. The number of hydrogen-bond donors (Lipinski definition) is 4. The molecule has 4 N–H and O–H groups in total. The molecule has 1 saturated heterocycles. The van der Waals surface area contributed by atoms with Gasteiger partial charge in [0.2, 0.25) is 0 Å². The first kappa shape index (κ1) is 22.5. The summed E-state index contributed by atoms with van der Waals surface area (Å²) in [5.74, 6) is 0.987. The highest BCUT2D eigenvalue weighted by Gasteiger charge is 2.32. The maximum atomic E-state index is 13.5. The van der Waals surface area contributed by atoms with Crippen LogP contribution in [-0.2, 0) is 4.74 Å². The van der Waals surface area contributed by atoms with Crippen molar-refractivity contribution in [2.75, 3.05) is 19.8 Å². The summed E-state index contributed by atoms with van der Waals surface area (Å²) in [5.41, 5.74) is 1.25. The Morgan fingerprint density at radius 1 is 1.15 bits per heavy atom. The second-order valence-corrected chi connectivity index (χ2v) is 8.92. The number of hydrogen-bond acceptors (Lipinski definition) is 5. The third-order valence-corrected chi connectivity index (χ3v) is 6.42. The Labute approximate surface area is 195 Å². The first-order valence-corrected chi connectivity index (χ1v) is 11.7. The van der Waals surface area contributed by atoms with Crippen LogP contribution >= 0.6 is 0 Å². The Balaban J connectivity index is 1.54. The van der Waals surface area contributed by atoms with Crippen molar-refractivity contribution in [2.24, 2.45) is 0 Å². The SMILES string of the molecule is CCC(c1nc(/C=c2\[nH]c(=O)/c(=C/c3cccc(F)c3)[nH]c2=O)c(C2CC2)[nH]1)C1COCCN1. The number of morpholine rings is 1. The molecule has 0 spiro atoms. The Kier molecular flexibility index (Phi) is 6.30. The molecule has 1 aliphatic carbocycles. The van der Waals surface area contributed by atoms with Gasteiger partial charge in [-0.3, -0.25) is 9.59 Å². The molecule has 9 heteroatoms. The van der Waals surface area contributed by atoms with Crippen molar-refractivity contribution in [3.8, 4) is 0 Å². The van der Waals surface area contributed by atoms with Crippen LogP contribution in [0, 0.1) is 5.82 Å². The number of nitrogens with one attached hydrogen (secondary N) is 4. The number of H-pyrrole nitrogens is 3. The van der Waals surface area contributed by atoms with Crippen LogP contribution in [0.15, 0.2) is 33.9 Å². The molecule has 2 aromatic heterocycles. The van der Waals surface area contributed by atoms with Crippen molar-refractivity contribution in [2.45, 2.75) is 44.1 Å². The molecule has 1 saturated carbocycles. The van der Waals surface area contributed by atoms with Gasteiger partial charge in [0, 0.05) is 30.1 Å². The minimum Gasteiger partial charge on any atom is -0.378 e. The molecule has 2 aliphatic rings. The maximum Gasteiger partial charge on any atom is 0.272 e. The lowest BCUT2D eigenvalue weighted by Crippen LogP contribution is -2.46. The lowest BCUT2D eigenvalue weighted by Gasteiger charge is -2.29. The Hall–Kier alpha value is -3.30. The van der Waals surface area contributed by atoms with Crippen LogP contribution in [-0.4, -0.2) is 45.7 Å².